The third kappa shape index (κ3) is 18.3. The van der Waals surface area contributed by atoms with Gasteiger partial charge in [0.05, 0.1) is 44.7 Å². The van der Waals surface area contributed by atoms with E-state index in [0.717, 1.165) is 40.8 Å². The van der Waals surface area contributed by atoms with Gasteiger partial charge in [0, 0.05) is 23.8 Å². The number of methoxy groups -OCH3 is 1. The van der Waals surface area contributed by atoms with Gasteiger partial charge >= 0.3 is 0 Å². The van der Waals surface area contributed by atoms with Gasteiger partial charge in [0.15, 0.2) is 37.0 Å². The summed E-state index contributed by atoms with van der Waals surface area (Å²) in [5.74, 6) is 0.944. The first kappa shape index (κ1) is 68.8. The van der Waals surface area contributed by atoms with Crippen LogP contribution >= 0.6 is 0 Å². The predicted octanol–water partition coefficient (Wildman–Crippen LogP) is 18.9. The number of allylic oxidation sites excluding steroid dienone is 2. The monoisotopic (exact) mass is 1170 g/mol. The number of ketones is 1. The lowest BCUT2D eigenvalue weighted by molar-refractivity contribution is -0.247. The van der Waals surface area contributed by atoms with Crippen LogP contribution in [0, 0.1) is 29.6 Å². The second-order valence-corrected chi connectivity index (χ2v) is 42.5. The van der Waals surface area contributed by atoms with Crippen molar-refractivity contribution in [1.82, 2.24) is 0 Å². The summed E-state index contributed by atoms with van der Waals surface area (Å²) in [5, 5.41) is 0.0242. The largest absolute Gasteiger partial charge is 0.497 e. The molecule has 452 valence electrons. The van der Waals surface area contributed by atoms with Crippen LogP contribution in [-0.2, 0) is 37.9 Å². The average molecular weight is 1170 g/mol. The molecular weight excluding hydrogens is 1070 g/mol. The molecule has 1 heterocycles. The van der Waals surface area contributed by atoms with Gasteiger partial charge in [0.1, 0.15) is 11.4 Å². The summed E-state index contributed by atoms with van der Waals surface area (Å²) in [6.45, 7) is 47.0. The van der Waals surface area contributed by atoms with Gasteiger partial charge in [-0.15, -0.1) is 0 Å². The minimum atomic E-state index is -2.29. The van der Waals surface area contributed by atoms with E-state index in [2.05, 4.69) is 251 Å². The first-order chi connectivity index (χ1) is 38.2. The Morgan fingerprint density at radius 1 is 0.622 bits per heavy atom. The Morgan fingerprint density at radius 3 is 1.60 bits per heavy atom. The molecule has 1 fully saturated rings. The second kappa shape index (κ2) is 29.4. The maximum Gasteiger partial charge on any atom is 0.192 e. The first-order valence-electron chi connectivity index (χ1n) is 30.5. The normalized spacial score (nSPS) is 19.9. The van der Waals surface area contributed by atoms with Crippen LogP contribution in [0.25, 0.3) is 0 Å². The highest BCUT2D eigenvalue weighted by Gasteiger charge is 2.45. The zero-order chi connectivity index (χ0) is 60.9. The van der Waals surface area contributed by atoms with E-state index in [1.165, 1.54) is 0 Å². The van der Waals surface area contributed by atoms with Crippen LogP contribution in [-0.4, -0.2) is 75.5 Å². The van der Waals surface area contributed by atoms with E-state index in [-0.39, 0.29) is 74.9 Å². The Kier molecular flexibility index (Phi) is 24.6. The van der Waals surface area contributed by atoms with Gasteiger partial charge in [0.2, 0.25) is 0 Å². The molecule has 4 aromatic carbocycles. The Bertz CT molecular complexity index is 2530. The fourth-order valence-corrected chi connectivity index (χ4v) is 14.3. The number of hydrogen-bond acceptors (Lipinski definition) is 8. The molecule has 82 heavy (non-hydrogen) atoms. The van der Waals surface area contributed by atoms with E-state index in [9.17, 15) is 4.79 Å². The van der Waals surface area contributed by atoms with Gasteiger partial charge in [0.25, 0.3) is 0 Å². The van der Waals surface area contributed by atoms with Crippen molar-refractivity contribution in [2.75, 3.05) is 20.3 Å². The molecular formula is C71H108O8Si3. The summed E-state index contributed by atoms with van der Waals surface area (Å²) < 4.78 is 47.6. The molecule has 0 aliphatic carbocycles. The van der Waals surface area contributed by atoms with Crippen LogP contribution in [0.2, 0.25) is 54.4 Å². The van der Waals surface area contributed by atoms with E-state index in [0.29, 0.717) is 19.6 Å². The lowest BCUT2D eigenvalue weighted by Gasteiger charge is -2.43. The summed E-state index contributed by atoms with van der Waals surface area (Å²) >= 11 is 0. The summed E-state index contributed by atoms with van der Waals surface area (Å²) in [7, 11) is -5.13. The van der Waals surface area contributed by atoms with Gasteiger partial charge in [-0.25, -0.2) is 0 Å². The molecule has 8 nitrogen and oxygen atoms in total. The summed E-state index contributed by atoms with van der Waals surface area (Å²) in [6, 6.07) is 39.5. The van der Waals surface area contributed by atoms with Gasteiger partial charge in [-0.2, -0.15) is 0 Å². The maximum absolute atomic E-state index is 13.8. The predicted molar refractivity (Wildman–Crippen MR) is 350 cm³/mol. The molecule has 0 spiro atoms. The van der Waals surface area contributed by atoms with Crippen LogP contribution in [0.4, 0.5) is 0 Å². The van der Waals surface area contributed by atoms with E-state index in [1.807, 2.05) is 31.2 Å². The van der Waals surface area contributed by atoms with Crippen molar-refractivity contribution < 1.29 is 37.0 Å². The molecule has 1 aliphatic rings. The number of ether oxygens (including phenoxy) is 4. The van der Waals surface area contributed by atoms with Crippen molar-refractivity contribution in [1.29, 1.82) is 0 Å². The Balaban J connectivity index is 1.41. The number of carbonyl (C=O) groups excluding carboxylic acids is 1. The van der Waals surface area contributed by atoms with Crippen LogP contribution in [0.3, 0.4) is 0 Å². The molecule has 4 aromatic rings. The molecule has 0 radical (unpaired) electrons. The third-order valence-electron chi connectivity index (χ3n) is 18.6. The zero-order valence-electron chi connectivity index (χ0n) is 54.5. The fraction of sp³-hybridized carbons (Fsp3) is 0.563. The molecule has 0 saturated carbocycles. The standard InChI is InChI=1S/C71H108O8Si3/c1-52(35-33-49-75-71(58-36-25-22-26-37-58,59-38-27-23-28-39-59)60-40-29-24-30-41-60)64(78-81(18,19)69(9,10)11)50-62(77-80(16,17)68(6,7)8)46-43-54(3)65(79-82(20,21)70(12,13)14)53(2)34-31-32-42-63(72)56(5)66-55(4)51-74-67(76-66)57-44-47-61(73-15)48-45-57/h22-30,32-33,35-48,52-56,62,64-67H,31,34,49-51H2,1-21H3/b35-33+,42-32+,46-43-/t52-,53+,54+,55+,56-,62-,64+,65-,66+,67+/m1/s1. The highest BCUT2D eigenvalue weighted by atomic mass is 28.4. The molecule has 0 amide bonds. The molecule has 5 rings (SSSR count). The molecule has 0 aromatic heterocycles. The molecule has 0 unspecified atom stereocenters. The van der Waals surface area contributed by atoms with E-state index in [1.54, 1.807) is 13.2 Å². The topological polar surface area (TPSA) is 81.7 Å². The van der Waals surface area contributed by atoms with E-state index in [4.69, 9.17) is 32.2 Å². The van der Waals surface area contributed by atoms with Gasteiger partial charge in [-0.3, -0.25) is 4.79 Å². The van der Waals surface area contributed by atoms with Gasteiger partial charge in [-0.1, -0.05) is 230 Å². The third-order valence-corrected chi connectivity index (χ3v) is 32.1. The summed E-state index contributed by atoms with van der Waals surface area (Å²) in [5.41, 5.74) is 3.33. The van der Waals surface area contributed by atoms with Crippen molar-refractivity contribution in [3.63, 3.8) is 0 Å². The quantitative estimate of drug-likeness (QED) is 0.0241. The van der Waals surface area contributed by atoms with E-state index < -0.39 is 36.8 Å². The van der Waals surface area contributed by atoms with Gasteiger partial charge in [-0.05, 0) is 120 Å². The fourth-order valence-electron chi connectivity index (χ4n) is 10.1. The van der Waals surface area contributed by atoms with E-state index >= 15 is 0 Å². The number of hydrogen-bond donors (Lipinski definition) is 0. The smallest absolute Gasteiger partial charge is 0.192 e. The summed E-state index contributed by atoms with van der Waals surface area (Å²) in [4.78, 5) is 13.8. The molecule has 1 saturated heterocycles. The van der Waals surface area contributed by atoms with Crippen LogP contribution in [0.5, 0.6) is 5.75 Å². The number of rotatable bonds is 28. The minimum Gasteiger partial charge on any atom is -0.497 e. The van der Waals surface area contributed by atoms with Gasteiger partial charge < -0.3 is 32.2 Å². The lowest BCUT2D eigenvalue weighted by Crippen LogP contribution is -2.48. The first-order valence-corrected chi connectivity index (χ1v) is 39.3. The Morgan fingerprint density at radius 2 is 1.11 bits per heavy atom. The van der Waals surface area contributed by atoms with Crippen molar-refractivity contribution in [3.8, 4) is 5.75 Å². The Labute approximate surface area is 501 Å². The average Bonchev–Trinajstić information content (AvgIpc) is 3.58. The number of benzene rings is 4. The van der Waals surface area contributed by atoms with Crippen molar-refractivity contribution in [3.05, 3.63) is 174 Å². The van der Waals surface area contributed by atoms with Crippen molar-refractivity contribution in [2.45, 2.75) is 207 Å². The second-order valence-electron chi connectivity index (χ2n) is 28.2. The van der Waals surface area contributed by atoms with Crippen LogP contribution < -0.4 is 4.74 Å². The van der Waals surface area contributed by atoms with Crippen molar-refractivity contribution in [2.24, 2.45) is 29.6 Å². The maximum atomic E-state index is 13.8. The van der Waals surface area contributed by atoms with Crippen LogP contribution in [0.1, 0.15) is 145 Å². The lowest BCUT2D eigenvalue weighted by atomic mass is 9.80. The molecule has 1 aliphatic heterocycles. The Hall–Kier alpha value is -4.02. The zero-order valence-corrected chi connectivity index (χ0v) is 57.5. The molecule has 11 heteroatoms. The molecule has 10 atom stereocenters. The SMILES string of the molecule is COc1ccc([C@H]2OC[C@H](C)[C@@H]([C@H](C)C(=O)/C=C/CC[C@H](C)[C@@H](O[Si](C)(C)C(C)(C)C)[C@@H](C)/C=C\[C@H](C[C@H](O[Si](C)(C)C(C)(C)C)[C@H](C)/C=C/COC(c3ccccc3)(c3ccccc3)c3ccccc3)O[Si](C)(C)C(C)(C)C)O2)cc1. The molecule has 0 bridgehead atoms. The number of carbonyl (C=O) groups is 1. The van der Waals surface area contributed by atoms with Crippen LogP contribution in [0.15, 0.2) is 152 Å². The molecule has 0 N–H and O–H groups in total. The minimum absolute atomic E-state index is 0.00291. The van der Waals surface area contributed by atoms with Crippen molar-refractivity contribution >= 4 is 30.7 Å². The highest BCUT2D eigenvalue weighted by Crippen LogP contribution is 2.44. The summed E-state index contributed by atoms with van der Waals surface area (Å²) in [6.07, 6.45) is 14.3. The highest BCUT2D eigenvalue weighted by molar-refractivity contribution is 6.75.